The second-order valence-corrected chi connectivity index (χ2v) is 5.36. The molecule has 0 aliphatic rings. The highest BCUT2D eigenvalue weighted by molar-refractivity contribution is 5.85. The molecule has 0 radical (unpaired) electrons. The van der Waals surface area contributed by atoms with E-state index in [1.807, 2.05) is 27.7 Å². The van der Waals surface area contributed by atoms with Crippen molar-refractivity contribution in [2.75, 3.05) is 0 Å². The third-order valence-electron chi connectivity index (χ3n) is 2.74. The number of halogens is 2. The maximum Gasteiger partial charge on any atom is 0.128 e. The lowest BCUT2D eigenvalue weighted by Gasteiger charge is -2.31. The number of hydrogen-bond acceptors (Lipinski definition) is 2. The van der Waals surface area contributed by atoms with Crippen LogP contribution in [0.5, 0.6) is 0 Å². The minimum absolute atomic E-state index is 0. The van der Waals surface area contributed by atoms with E-state index in [4.69, 9.17) is 5.73 Å². The normalized spacial score (nSPS) is 15.0. The van der Waals surface area contributed by atoms with E-state index in [0.29, 0.717) is 5.56 Å². The van der Waals surface area contributed by atoms with Gasteiger partial charge in [-0.1, -0.05) is 38.5 Å². The number of hydrogen-bond donors (Lipinski definition) is 2. The lowest BCUT2D eigenvalue weighted by molar-refractivity contribution is 0.0391. The van der Waals surface area contributed by atoms with Crippen molar-refractivity contribution in [3.63, 3.8) is 0 Å². The Bertz CT molecular complexity index is 376. The number of nitrogens with two attached hydrogens (primary N) is 1. The predicted molar refractivity (Wildman–Crippen MR) is 70.8 cm³/mol. The Morgan fingerprint density at radius 2 is 1.82 bits per heavy atom. The van der Waals surface area contributed by atoms with Gasteiger partial charge in [0, 0.05) is 5.56 Å². The zero-order valence-electron chi connectivity index (χ0n) is 10.7. The first kappa shape index (κ1) is 16.4. The number of aryl methyl sites for hydroxylation is 1. The highest BCUT2D eigenvalue weighted by Crippen LogP contribution is 2.29. The lowest BCUT2D eigenvalue weighted by atomic mass is 9.82. The van der Waals surface area contributed by atoms with Gasteiger partial charge in [-0.15, -0.1) is 12.4 Å². The van der Waals surface area contributed by atoms with E-state index in [-0.39, 0.29) is 23.6 Å². The maximum absolute atomic E-state index is 13.6. The number of rotatable bonds is 2. The first-order chi connectivity index (χ1) is 7.23. The van der Waals surface area contributed by atoms with Crippen LogP contribution in [0.15, 0.2) is 18.2 Å². The van der Waals surface area contributed by atoms with Crippen LogP contribution in [0.1, 0.15) is 37.9 Å². The minimum Gasteiger partial charge on any atom is -0.391 e. The molecule has 2 atom stereocenters. The van der Waals surface area contributed by atoms with Gasteiger partial charge in [-0.25, -0.2) is 4.39 Å². The first-order valence-electron chi connectivity index (χ1n) is 5.43. The number of benzene rings is 1. The summed E-state index contributed by atoms with van der Waals surface area (Å²) in [5.41, 5.74) is 6.85. The molecular formula is C13H21ClFNO. The Kier molecular flexibility index (Phi) is 5.59. The molecule has 0 saturated carbocycles. The third kappa shape index (κ3) is 3.95. The Labute approximate surface area is 108 Å². The fourth-order valence-electron chi connectivity index (χ4n) is 1.63. The molecule has 0 amide bonds. The molecule has 0 aliphatic heterocycles. The van der Waals surface area contributed by atoms with Crippen molar-refractivity contribution < 1.29 is 9.50 Å². The van der Waals surface area contributed by atoms with E-state index in [1.165, 1.54) is 6.07 Å². The van der Waals surface area contributed by atoms with E-state index in [0.717, 1.165) is 5.56 Å². The van der Waals surface area contributed by atoms with Crippen LogP contribution in [0.25, 0.3) is 0 Å². The fourth-order valence-corrected chi connectivity index (χ4v) is 1.63. The van der Waals surface area contributed by atoms with E-state index in [9.17, 15) is 9.50 Å². The zero-order valence-corrected chi connectivity index (χ0v) is 11.5. The molecule has 2 nitrogen and oxygen atoms in total. The van der Waals surface area contributed by atoms with Crippen LogP contribution in [0, 0.1) is 18.2 Å². The number of aliphatic hydroxyl groups is 1. The molecule has 0 spiro atoms. The molecule has 3 N–H and O–H groups in total. The summed E-state index contributed by atoms with van der Waals surface area (Å²) >= 11 is 0. The van der Waals surface area contributed by atoms with Crippen molar-refractivity contribution in [2.45, 2.75) is 39.8 Å². The van der Waals surface area contributed by atoms with Gasteiger partial charge in [0.15, 0.2) is 0 Å². The molecule has 98 valence electrons. The van der Waals surface area contributed by atoms with Crippen molar-refractivity contribution in [3.05, 3.63) is 35.1 Å². The highest BCUT2D eigenvalue weighted by Gasteiger charge is 2.30. The van der Waals surface area contributed by atoms with E-state index >= 15 is 0 Å². The molecule has 17 heavy (non-hydrogen) atoms. The molecule has 0 bridgehead atoms. The fraction of sp³-hybridized carbons (Fsp3) is 0.538. The van der Waals surface area contributed by atoms with Crippen LogP contribution in [0.3, 0.4) is 0 Å². The predicted octanol–water partition coefficient (Wildman–Crippen LogP) is 2.96. The topological polar surface area (TPSA) is 46.2 Å². The smallest absolute Gasteiger partial charge is 0.128 e. The van der Waals surface area contributed by atoms with Crippen LogP contribution in [0.4, 0.5) is 4.39 Å². The summed E-state index contributed by atoms with van der Waals surface area (Å²) in [4.78, 5) is 0. The molecular weight excluding hydrogens is 241 g/mol. The van der Waals surface area contributed by atoms with Gasteiger partial charge in [0.25, 0.3) is 0 Å². The van der Waals surface area contributed by atoms with Gasteiger partial charge in [0.05, 0.1) is 12.1 Å². The Balaban J connectivity index is 0.00000256. The molecule has 0 fully saturated rings. The largest absolute Gasteiger partial charge is 0.391 e. The van der Waals surface area contributed by atoms with E-state index in [1.54, 1.807) is 12.1 Å². The van der Waals surface area contributed by atoms with E-state index < -0.39 is 12.1 Å². The van der Waals surface area contributed by atoms with Gasteiger partial charge in [0.2, 0.25) is 0 Å². The van der Waals surface area contributed by atoms with Crippen molar-refractivity contribution >= 4 is 12.4 Å². The molecule has 1 aromatic rings. The average Bonchev–Trinajstić information content (AvgIpc) is 2.18. The maximum atomic E-state index is 13.6. The molecule has 0 saturated heterocycles. The summed E-state index contributed by atoms with van der Waals surface area (Å²) in [7, 11) is 0. The van der Waals surface area contributed by atoms with Gasteiger partial charge in [-0.3, -0.25) is 0 Å². The Morgan fingerprint density at radius 1 is 1.29 bits per heavy atom. The Hall–Kier alpha value is -0.640. The van der Waals surface area contributed by atoms with Crippen molar-refractivity contribution in [3.8, 4) is 0 Å². The monoisotopic (exact) mass is 261 g/mol. The van der Waals surface area contributed by atoms with E-state index in [2.05, 4.69) is 0 Å². The van der Waals surface area contributed by atoms with Crippen molar-refractivity contribution in [2.24, 2.45) is 11.1 Å². The highest BCUT2D eigenvalue weighted by atomic mass is 35.5. The summed E-state index contributed by atoms with van der Waals surface area (Å²) in [5.74, 6) is -0.360. The van der Waals surface area contributed by atoms with Crippen LogP contribution in [-0.2, 0) is 0 Å². The molecule has 1 rings (SSSR count). The second-order valence-electron chi connectivity index (χ2n) is 5.36. The van der Waals surface area contributed by atoms with Gasteiger partial charge in [0.1, 0.15) is 5.82 Å². The molecule has 4 heteroatoms. The van der Waals surface area contributed by atoms with Crippen LogP contribution >= 0.6 is 12.4 Å². The van der Waals surface area contributed by atoms with Crippen molar-refractivity contribution in [1.82, 2.24) is 0 Å². The molecule has 0 aliphatic carbocycles. The SMILES string of the molecule is Cc1ccc(F)c([C@@H](N)[C@@H](O)C(C)(C)C)c1.Cl. The second kappa shape index (κ2) is 5.80. The summed E-state index contributed by atoms with van der Waals surface area (Å²) in [6.45, 7) is 7.51. The summed E-state index contributed by atoms with van der Waals surface area (Å²) in [6, 6.07) is 4.07. The summed E-state index contributed by atoms with van der Waals surface area (Å²) < 4.78 is 13.6. The molecule has 0 aromatic heterocycles. The number of aliphatic hydroxyl groups excluding tert-OH is 1. The van der Waals surface area contributed by atoms with Gasteiger partial charge in [-0.05, 0) is 18.4 Å². The van der Waals surface area contributed by atoms with Crippen LogP contribution < -0.4 is 5.73 Å². The van der Waals surface area contributed by atoms with Gasteiger partial charge in [-0.2, -0.15) is 0 Å². The molecule has 0 heterocycles. The molecule has 1 aromatic carbocycles. The van der Waals surface area contributed by atoms with Gasteiger partial charge >= 0.3 is 0 Å². The first-order valence-corrected chi connectivity index (χ1v) is 5.43. The van der Waals surface area contributed by atoms with Gasteiger partial charge < -0.3 is 10.8 Å². The molecule has 0 unspecified atom stereocenters. The Morgan fingerprint density at radius 3 is 2.29 bits per heavy atom. The zero-order chi connectivity index (χ0) is 12.5. The third-order valence-corrected chi connectivity index (χ3v) is 2.74. The van der Waals surface area contributed by atoms with Crippen molar-refractivity contribution in [1.29, 1.82) is 0 Å². The standard InChI is InChI=1S/C13H20FNO.ClH/c1-8-5-6-10(14)9(7-8)11(15)12(16)13(2,3)4;/h5-7,11-12,16H,15H2,1-4H3;1H/t11-,12-;/m1./s1. The summed E-state index contributed by atoms with van der Waals surface area (Å²) in [6.07, 6.45) is -0.774. The average molecular weight is 262 g/mol. The van der Waals surface area contributed by atoms with Crippen LogP contribution in [0.2, 0.25) is 0 Å². The quantitative estimate of drug-likeness (QED) is 0.860. The van der Waals surface area contributed by atoms with Crippen LogP contribution in [-0.4, -0.2) is 11.2 Å². The summed E-state index contributed by atoms with van der Waals surface area (Å²) in [5, 5.41) is 10.0. The minimum atomic E-state index is -0.774. The lowest BCUT2D eigenvalue weighted by Crippen LogP contribution is -2.37.